The van der Waals surface area contributed by atoms with Gasteiger partial charge in [-0.3, -0.25) is 4.68 Å². The van der Waals surface area contributed by atoms with Crippen molar-refractivity contribution in [3.63, 3.8) is 0 Å². The Balaban J connectivity index is 2.64. The predicted molar refractivity (Wildman–Crippen MR) is 63.3 cm³/mol. The fourth-order valence-electron chi connectivity index (χ4n) is 1.88. The van der Waals surface area contributed by atoms with Gasteiger partial charge in [-0.1, -0.05) is 13.3 Å². The van der Waals surface area contributed by atoms with Gasteiger partial charge in [0.2, 0.25) is 0 Å². The summed E-state index contributed by atoms with van der Waals surface area (Å²) >= 11 is 0. The molecule has 2 N–H and O–H groups in total. The van der Waals surface area contributed by atoms with Gasteiger partial charge in [0.05, 0.1) is 17.9 Å². The van der Waals surface area contributed by atoms with Crippen LogP contribution in [0.25, 0.3) is 0 Å². The van der Waals surface area contributed by atoms with Gasteiger partial charge in [-0.25, -0.2) is 0 Å². The second-order valence-corrected chi connectivity index (χ2v) is 4.22. The number of aliphatic hydroxyl groups excluding tert-OH is 2. The molecule has 1 rings (SSSR count). The van der Waals surface area contributed by atoms with Crippen molar-refractivity contribution >= 4 is 0 Å². The van der Waals surface area contributed by atoms with Crippen LogP contribution in [-0.4, -0.2) is 32.2 Å². The molecule has 0 fully saturated rings. The Kier molecular flexibility index (Phi) is 4.96. The SMILES string of the molecule is CCCC(O)C(O)Cc1cc(C)nn1CC. The molecule has 0 aliphatic heterocycles. The highest BCUT2D eigenvalue weighted by molar-refractivity contribution is 5.10. The fraction of sp³-hybridized carbons (Fsp3) is 0.750. The van der Waals surface area contributed by atoms with Crippen molar-refractivity contribution in [3.05, 3.63) is 17.5 Å². The third kappa shape index (κ3) is 3.32. The zero-order valence-electron chi connectivity index (χ0n) is 10.3. The first kappa shape index (κ1) is 13.2. The van der Waals surface area contributed by atoms with Crippen LogP contribution in [0.2, 0.25) is 0 Å². The van der Waals surface area contributed by atoms with Crippen LogP contribution in [0.4, 0.5) is 0 Å². The average molecular weight is 226 g/mol. The molecule has 0 radical (unpaired) electrons. The first-order valence-corrected chi connectivity index (χ1v) is 5.97. The van der Waals surface area contributed by atoms with Crippen molar-refractivity contribution in [3.8, 4) is 0 Å². The van der Waals surface area contributed by atoms with Crippen LogP contribution in [0.3, 0.4) is 0 Å². The van der Waals surface area contributed by atoms with E-state index in [1.165, 1.54) is 0 Å². The highest BCUT2D eigenvalue weighted by Crippen LogP contribution is 2.11. The molecule has 0 saturated heterocycles. The number of aliphatic hydroxyl groups is 2. The normalized spacial score (nSPS) is 15.1. The molecule has 0 bridgehead atoms. The zero-order chi connectivity index (χ0) is 12.1. The minimum absolute atomic E-state index is 0.468. The Morgan fingerprint density at radius 2 is 2.00 bits per heavy atom. The Morgan fingerprint density at radius 3 is 2.56 bits per heavy atom. The number of aromatic nitrogens is 2. The summed E-state index contributed by atoms with van der Waals surface area (Å²) in [4.78, 5) is 0. The summed E-state index contributed by atoms with van der Waals surface area (Å²) in [5.74, 6) is 0. The highest BCUT2D eigenvalue weighted by atomic mass is 16.3. The molecule has 16 heavy (non-hydrogen) atoms. The van der Waals surface area contributed by atoms with Crippen molar-refractivity contribution in [2.24, 2.45) is 0 Å². The van der Waals surface area contributed by atoms with Gasteiger partial charge < -0.3 is 10.2 Å². The van der Waals surface area contributed by atoms with Gasteiger partial charge in [0.1, 0.15) is 0 Å². The van der Waals surface area contributed by atoms with E-state index in [0.29, 0.717) is 12.8 Å². The van der Waals surface area contributed by atoms with Crippen LogP contribution in [0.15, 0.2) is 6.07 Å². The molecule has 0 spiro atoms. The quantitative estimate of drug-likeness (QED) is 0.768. The van der Waals surface area contributed by atoms with Crippen LogP contribution in [0.1, 0.15) is 38.1 Å². The molecule has 4 heteroatoms. The summed E-state index contributed by atoms with van der Waals surface area (Å²) < 4.78 is 1.87. The Bertz CT molecular complexity index is 323. The van der Waals surface area contributed by atoms with Gasteiger partial charge in [-0.15, -0.1) is 0 Å². The molecule has 1 aromatic heterocycles. The van der Waals surface area contributed by atoms with Crippen molar-refractivity contribution in [2.45, 2.75) is 58.8 Å². The molecule has 2 atom stereocenters. The number of rotatable bonds is 6. The Morgan fingerprint density at radius 1 is 1.31 bits per heavy atom. The smallest absolute Gasteiger partial charge is 0.0854 e. The minimum Gasteiger partial charge on any atom is -0.390 e. The van der Waals surface area contributed by atoms with Crippen molar-refractivity contribution in [2.75, 3.05) is 0 Å². The predicted octanol–water partition coefficient (Wildman–Crippen LogP) is 1.28. The summed E-state index contributed by atoms with van der Waals surface area (Å²) in [5.41, 5.74) is 1.94. The van der Waals surface area contributed by atoms with Gasteiger partial charge in [-0.2, -0.15) is 5.10 Å². The fourth-order valence-corrected chi connectivity index (χ4v) is 1.88. The monoisotopic (exact) mass is 226 g/mol. The van der Waals surface area contributed by atoms with Crippen molar-refractivity contribution in [1.82, 2.24) is 9.78 Å². The standard InChI is InChI=1S/C12H22N2O2/c1-4-6-11(15)12(16)8-10-7-9(3)13-14(10)5-2/h7,11-12,15-16H,4-6,8H2,1-3H3. The molecule has 92 valence electrons. The third-order valence-corrected chi connectivity index (χ3v) is 2.73. The molecule has 2 unspecified atom stereocenters. The van der Waals surface area contributed by atoms with Crippen LogP contribution >= 0.6 is 0 Å². The number of hydrogen-bond donors (Lipinski definition) is 2. The maximum absolute atomic E-state index is 9.84. The molecule has 4 nitrogen and oxygen atoms in total. The van der Waals surface area contributed by atoms with Crippen LogP contribution in [0.5, 0.6) is 0 Å². The second kappa shape index (κ2) is 6.01. The Labute approximate surface area is 96.9 Å². The lowest BCUT2D eigenvalue weighted by Crippen LogP contribution is -2.28. The van der Waals surface area contributed by atoms with Crippen LogP contribution < -0.4 is 0 Å². The van der Waals surface area contributed by atoms with E-state index in [1.54, 1.807) is 0 Å². The zero-order valence-corrected chi connectivity index (χ0v) is 10.3. The largest absolute Gasteiger partial charge is 0.390 e. The lowest BCUT2D eigenvalue weighted by atomic mass is 10.0. The van der Waals surface area contributed by atoms with Gasteiger partial charge in [0.25, 0.3) is 0 Å². The summed E-state index contributed by atoms with van der Waals surface area (Å²) in [6.45, 7) is 6.74. The molecule has 1 aromatic rings. The first-order chi connectivity index (χ1) is 7.58. The topological polar surface area (TPSA) is 58.3 Å². The second-order valence-electron chi connectivity index (χ2n) is 4.22. The molecule has 0 saturated carbocycles. The van der Waals surface area contributed by atoms with E-state index in [0.717, 1.165) is 24.4 Å². The lowest BCUT2D eigenvalue weighted by molar-refractivity contribution is 0.0137. The first-order valence-electron chi connectivity index (χ1n) is 5.97. The summed E-state index contributed by atoms with van der Waals surface area (Å²) in [6.07, 6.45) is 0.660. The molecule has 0 aliphatic carbocycles. The maximum Gasteiger partial charge on any atom is 0.0854 e. The van der Waals surface area contributed by atoms with Gasteiger partial charge >= 0.3 is 0 Å². The number of nitrogens with zero attached hydrogens (tertiary/aromatic N) is 2. The number of aryl methyl sites for hydroxylation is 2. The van der Waals surface area contributed by atoms with E-state index < -0.39 is 12.2 Å². The van der Waals surface area contributed by atoms with Crippen LogP contribution in [0, 0.1) is 6.92 Å². The molecular formula is C12H22N2O2. The van der Waals surface area contributed by atoms with E-state index in [1.807, 2.05) is 31.5 Å². The van der Waals surface area contributed by atoms with Gasteiger partial charge in [0.15, 0.2) is 0 Å². The van der Waals surface area contributed by atoms with E-state index in [2.05, 4.69) is 5.10 Å². The van der Waals surface area contributed by atoms with Crippen LogP contribution in [-0.2, 0) is 13.0 Å². The molecular weight excluding hydrogens is 204 g/mol. The summed E-state index contributed by atoms with van der Waals surface area (Å²) in [5, 5.41) is 23.8. The van der Waals surface area contributed by atoms with E-state index in [4.69, 9.17) is 0 Å². The average Bonchev–Trinajstić information content (AvgIpc) is 2.59. The molecule has 0 aromatic carbocycles. The summed E-state index contributed by atoms with van der Waals surface area (Å²) in [7, 11) is 0. The van der Waals surface area contributed by atoms with Gasteiger partial charge in [-0.05, 0) is 26.3 Å². The third-order valence-electron chi connectivity index (χ3n) is 2.73. The summed E-state index contributed by atoms with van der Waals surface area (Å²) in [6, 6.07) is 1.96. The Hall–Kier alpha value is -0.870. The minimum atomic E-state index is -0.693. The number of hydrogen-bond acceptors (Lipinski definition) is 3. The van der Waals surface area contributed by atoms with E-state index in [-0.39, 0.29) is 0 Å². The molecule has 0 amide bonds. The van der Waals surface area contributed by atoms with E-state index in [9.17, 15) is 10.2 Å². The van der Waals surface area contributed by atoms with Crippen molar-refractivity contribution < 1.29 is 10.2 Å². The molecule has 1 heterocycles. The maximum atomic E-state index is 9.84. The molecule has 0 aliphatic rings. The van der Waals surface area contributed by atoms with E-state index >= 15 is 0 Å². The lowest BCUT2D eigenvalue weighted by Gasteiger charge is -2.17. The van der Waals surface area contributed by atoms with Gasteiger partial charge in [0, 0.05) is 18.7 Å². The van der Waals surface area contributed by atoms with Crippen molar-refractivity contribution in [1.29, 1.82) is 0 Å². The highest BCUT2D eigenvalue weighted by Gasteiger charge is 2.18.